The number of para-hydroxylation sites is 1. The molecule has 3 aromatic rings. The van der Waals surface area contributed by atoms with Gasteiger partial charge in [-0.2, -0.15) is 0 Å². The lowest BCUT2D eigenvalue weighted by Crippen LogP contribution is -1.98. The van der Waals surface area contributed by atoms with Crippen LogP contribution in [0, 0.1) is 0 Å². The third kappa shape index (κ3) is 3.00. The van der Waals surface area contributed by atoms with Crippen molar-refractivity contribution in [2.24, 2.45) is 0 Å². The molecular weight excluding hydrogens is 272 g/mol. The van der Waals surface area contributed by atoms with Gasteiger partial charge >= 0.3 is 0 Å². The summed E-state index contributed by atoms with van der Waals surface area (Å²) in [4.78, 5) is 4.27. The largest absolute Gasteiger partial charge is 0.439 e. The van der Waals surface area contributed by atoms with E-state index in [1.165, 1.54) is 0 Å². The molecule has 0 fully saturated rings. The number of nitrogens with one attached hydrogen (secondary N) is 1. The van der Waals surface area contributed by atoms with E-state index in [1.54, 1.807) is 6.20 Å². The average Bonchev–Trinajstić information content (AvgIpc) is 2.96. The lowest BCUT2D eigenvalue weighted by Gasteiger charge is -2.02. The highest BCUT2D eigenvalue weighted by Crippen LogP contribution is 2.22. The Morgan fingerprint density at radius 3 is 2.50 bits per heavy atom. The van der Waals surface area contributed by atoms with Gasteiger partial charge in [-0.25, -0.2) is 4.98 Å². The van der Waals surface area contributed by atoms with Crippen molar-refractivity contribution in [2.45, 2.75) is 6.54 Å². The Morgan fingerprint density at radius 1 is 1.00 bits per heavy atom. The van der Waals surface area contributed by atoms with Gasteiger partial charge in [-0.3, -0.25) is 0 Å². The van der Waals surface area contributed by atoms with Gasteiger partial charge in [-0.1, -0.05) is 29.8 Å². The molecule has 0 spiro atoms. The number of hydrogen-bond acceptors (Lipinski definition) is 3. The molecule has 0 unspecified atom stereocenters. The first kappa shape index (κ1) is 12.8. The van der Waals surface area contributed by atoms with E-state index in [2.05, 4.69) is 10.3 Å². The summed E-state index contributed by atoms with van der Waals surface area (Å²) in [6, 6.07) is 17.5. The van der Waals surface area contributed by atoms with Crippen molar-refractivity contribution in [3.63, 3.8) is 0 Å². The molecule has 20 heavy (non-hydrogen) atoms. The molecule has 0 aliphatic heterocycles. The lowest BCUT2D eigenvalue weighted by molar-refractivity contribution is 0.516. The molecule has 4 heteroatoms. The fraction of sp³-hybridized carbons (Fsp3) is 0.0625. The lowest BCUT2D eigenvalue weighted by atomic mass is 10.2. The van der Waals surface area contributed by atoms with E-state index in [9.17, 15) is 0 Å². The smallest absolute Gasteiger partial charge is 0.214 e. The third-order valence-electron chi connectivity index (χ3n) is 2.90. The maximum atomic E-state index is 5.87. The van der Waals surface area contributed by atoms with Crippen LogP contribution in [0.1, 0.15) is 5.89 Å². The minimum Gasteiger partial charge on any atom is -0.439 e. The van der Waals surface area contributed by atoms with E-state index in [0.717, 1.165) is 17.0 Å². The monoisotopic (exact) mass is 284 g/mol. The number of oxazole rings is 1. The Labute approximate surface area is 122 Å². The minimum atomic E-state index is 0.553. The van der Waals surface area contributed by atoms with Crippen LogP contribution in [0.2, 0.25) is 5.02 Å². The van der Waals surface area contributed by atoms with Crippen molar-refractivity contribution in [1.29, 1.82) is 0 Å². The molecule has 2 aromatic carbocycles. The first-order valence-corrected chi connectivity index (χ1v) is 6.68. The number of nitrogens with zero attached hydrogens (tertiary/aromatic N) is 1. The van der Waals surface area contributed by atoms with Crippen LogP contribution in [0.25, 0.3) is 11.3 Å². The average molecular weight is 285 g/mol. The van der Waals surface area contributed by atoms with Crippen LogP contribution in [0.5, 0.6) is 0 Å². The number of halogens is 1. The molecule has 1 aromatic heterocycles. The standard InChI is InChI=1S/C16H13ClN2O/c17-13-8-6-12(7-9-13)15-10-19-16(20-15)11-18-14-4-2-1-3-5-14/h1-10,18H,11H2. The van der Waals surface area contributed by atoms with Crippen LogP contribution < -0.4 is 5.32 Å². The molecule has 3 rings (SSSR count). The molecule has 0 atom stereocenters. The van der Waals surface area contributed by atoms with Crippen molar-refractivity contribution < 1.29 is 4.42 Å². The number of hydrogen-bond donors (Lipinski definition) is 1. The summed E-state index contributed by atoms with van der Waals surface area (Å²) in [5, 5.41) is 3.97. The first-order valence-electron chi connectivity index (χ1n) is 6.31. The maximum absolute atomic E-state index is 5.87. The summed E-state index contributed by atoms with van der Waals surface area (Å²) in [6.45, 7) is 0.553. The van der Waals surface area contributed by atoms with Crippen molar-refractivity contribution in [3.05, 3.63) is 71.7 Å². The molecular formula is C16H13ClN2O. The van der Waals surface area contributed by atoms with Gasteiger partial charge in [-0.05, 0) is 36.4 Å². The quantitative estimate of drug-likeness (QED) is 0.760. The molecule has 0 saturated heterocycles. The second-order valence-electron chi connectivity index (χ2n) is 4.34. The zero-order valence-corrected chi connectivity index (χ0v) is 11.5. The molecule has 0 radical (unpaired) electrons. The Hall–Kier alpha value is -2.26. The van der Waals surface area contributed by atoms with Crippen molar-refractivity contribution in [1.82, 2.24) is 4.98 Å². The summed E-state index contributed by atoms with van der Waals surface area (Å²) < 4.78 is 5.71. The van der Waals surface area contributed by atoms with Gasteiger partial charge in [0.1, 0.15) is 0 Å². The van der Waals surface area contributed by atoms with Crippen LogP contribution in [0.4, 0.5) is 5.69 Å². The van der Waals surface area contributed by atoms with E-state index < -0.39 is 0 Å². The zero-order valence-electron chi connectivity index (χ0n) is 10.7. The third-order valence-corrected chi connectivity index (χ3v) is 3.15. The summed E-state index contributed by atoms with van der Waals surface area (Å²) in [5.74, 6) is 1.39. The second kappa shape index (κ2) is 5.80. The first-order chi connectivity index (χ1) is 9.81. The Balaban J connectivity index is 1.69. The predicted octanol–water partition coefficient (Wildman–Crippen LogP) is 4.61. The van der Waals surface area contributed by atoms with Gasteiger partial charge in [-0.15, -0.1) is 0 Å². The Bertz CT molecular complexity index is 677. The van der Waals surface area contributed by atoms with Gasteiger partial charge in [0.25, 0.3) is 0 Å². The van der Waals surface area contributed by atoms with Crippen LogP contribution in [-0.2, 0) is 6.54 Å². The predicted molar refractivity (Wildman–Crippen MR) is 80.7 cm³/mol. The molecule has 0 aliphatic carbocycles. The minimum absolute atomic E-state index is 0.553. The second-order valence-corrected chi connectivity index (χ2v) is 4.78. The molecule has 3 nitrogen and oxygen atoms in total. The highest BCUT2D eigenvalue weighted by Gasteiger charge is 2.06. The van der Waals surface area contributed by atoms with Crippen molar-refractivity contribution in [3.8, 4) is 11.3 Å². The van der Waals surface area contributed by atoms with Gasteiger partial charge in [0.15, 0.2) is 5.76 Å². The maximum Gasteiger partial charge on any atom is 0.214 e. The van der Waals surface area contributed by atoms with Crippen LogP contribution in [0.15, 0.2) is 65.2 Å². The van der Waals surface area contributed by atoms with E-state index in [0.29, 0.717) is 17.5 Å². The number of anilines is 1. The number of aromatic nitrogens is 1. The summed E-state index contributed by atoms with van der Waals surface area (Å²) >= 11 is 5.87. The molecule has 0 bridgehead atoms. The highest BCUT2D eigenvalue weighted by molar-refractivity contribution is 6.30. The van der Waals surface area contributed by atoms with E-state index >= 15 is 0 Å². The van der Waals surface area contributed by atoms with Gasteiger partial charge < -0.3 is 9.73 Å². The summed E-state index contributed by atoms with van der Waals surface area (Å²) in [6.07, 6.45) is 1.73. The normalized spacial score (nSPS) is 10.4. The molecule has 1 heterocycles. The Morgan fingerprint density at radius 2 is 1.75 bits per heavy atom. The van der Waals surface area contributed by atoms with Crippen LogP contribution >= 0.6 is 11.6 Å². The topological polar surface area (TPSA) is 38.1 Å². The van der Waals surface area contributed by atoms with E-state index in [4.69, 9.17) is 16.0 Å². The van der Waals surface area contributed by atoms with Crippen molar-refractivity contribution >= 4 is 17.3 Å². The van der Waals surface area contributed by atoms with Crippen molar-refractivity contribution in [2.75, 3.05) is 5.32 Å². The molecule has 100 valence electrons. The fourth-order valence-corrected chi connectivity index (χ4v) is 2.00. The summed E-state index contributed by atoms with van der Waals surface area (Å²) in [7, 11) is 0. The number of rotatable bonds is 4. The zero-order chi connectivity index (χ0) is 13.8. The van der Waals surface area contributed by atoms with Crippen LogP contribution in [0.3, 0.4) is 0 Å². The van der Waals surface area contributed by atoms with Gasteiger partial charge in [0.2, 0.25) is 5.89 Å². The van der Waals surface area contributed by atoms with Gasteiger partial charge in [0.05, 0.1) is 12.7 Å². The Kier molecular flexibility index (Phi) is 3.70. The van der Waals surface area contributed by atoms with Crippen LogP contribution in [-0.4, -0.2) is 4.98 Å². The molecule has 0 amide bonds. The SMILES string of the molecule is Clc1ccc(-c2cnc(CNc3ccccc3)o2)cc1. The van der Waals surface area contributed by atoms with E-state index in [1.807, 2.05) is 54.6 Å². The fourth-order valence-electron chi connectivity index (χ4n) is 1.87. The highest BCUT2D eigenvalue weighted by atomic mass is 35.5. The summed E-state index contributed by atoms with van der Waals surface area (Å²) in [5.41, 5.74) is 2.01. The van der Waals surface area contributed by atoms with Gasteiger partial charge in [0, 0.05) is 16.3 Å². The number of benzene rings is 2. The molecule has 0 saturated carbocycles. The van der Waals surface area contributed by atoms with E-state index in [-0.39, 0.29) is 0 Å². The molecule has 1 N–H and O–H groups in total. The molecule has 0 aliphatic rings.